The smallest absolute Gasteiger partial charge is 0.264 e. The van der Waals surface area contributed by atoms with Crippen molar-refractivity contribution in [3.63, 3.8) is 0 Å². The van der Waals surface area contributed by atoms with Crippen molar-refractivity contribution in [2.45, 2.75) is 0 Å². The van der Waals surface area contributed by atoms with Gasteiger partial charge in [-0.2, -0.15) is 5.10 Å². The summed E-state index contributed by atoms with van der Waals surface area (Å²) in [6.07, 6.45) is 4.79. The number of rotatable bonds is 5. The molecule has 1 aromatic heterocycles. The van der Waals surface area contributed by atoms with Gasteiger partial charge in [0.25, 0.3) is 5.91 Å². The average molecular weight is 333 g/mol. The summed E-state index contributed by atoms with van der Waals surface area (Å²) in [5.41, 5.74) is 5.17. The van der Waals surface area contributed by atoms with Crippen LogP contribution in [0.4, 0.5) is 0 Å². The van der Waals surface area contributed by atoms with E-state index in [2.05, 4.69) is 15.5 Å². The number of hydrogen-bond donors (Lipinski definition) is 1. The van der Waals surface area contributed by atoms with Crippen LogP contribution in [0.2, 0.25) is 0 Å². The maximum absolute atomic E-state index is 12.0. The van der Waals surface area contributed by atoms with E-state index in [1.54, 1.807) is 12.3 Å². The Kier molecular flexibility index (Phi) is 5.27. The summed E-state index contributed by atoms with van der Waals surface area (Å²) in [6, 6.07) is 19.5. The number of amides is 1. The third kappa shape index (κ3) is 4.24. The normalized spacial score (nSPS) is 10.5. The predicted octanol–water partition coefficient (Wildman–Crippen LogP) is 3.73. The average Bonchev–Trinajstić information content (AvgIpc) is 3.16. The molecule has 118 valence electrons. The third-order valence-corrected chi connectivity index (χ3v) is 3.94. The highest BCUT2D eigenvalue weighted by Gasteiger charge is 2.07. The molecule has 0 aliphatic rings. The highest BCUT2D eigenvalue weighted by atomic mass is 32.1. The molecule has 0 aliphatic carbocycles. The lowest BCUT2D eigenvalue weighted by Crippen LogP contribution is -2.18. The molecular formula is C19H15N3OS. The van der Waals surface area contributed by atoms with Crippen LogP contribution in [0.5, 0.6) is 0 Å². The Morgan fingerprint density at radius 3 is 2.17 bits per heavy atom. The van der Waals surface area contributed by atoms with Crippen LogP contribution < -0.4 is 5.43 Å². The molecule has 3 aromatic rings. The molecule has 0 spiro atoms. The fraction of sp³-hybridized carbons (Fsp3) is 0. The molecular weight excluding hydrogens is 318 g/mol. The lowest BCUT2D eigenvalue weighted by Gasteiger charge is -2.07. The Bertz CT molecular complexity index is 799. The van der Waals surface area contributed by atoms with Crippen LogP contribution in [0, 0.1) is 0 Å². The molecule has 4 nitrogen and oxygen atoms in total. The second-order valence-electron chi connectivity index (χ2n) is 4.87. The molecule has 0 atom stereocenters. The Balaban J connectivity index is 1.81. The molecule has 0 aliphatic heterocycles. The Hall–Kier alpha value is -3.05. The maximum atomic E-state index is 12.0. The minimum absolute atomic E-state index is 0.297. The van der Waals surface area contributed by atoms with E-state index in [4.69, 9.17) is 0 Å². The van der Waals surface area contributed by atoms with Crippen LogP contribution in [0.25, 0.3) is 6.08 Å². The van der Waals surface area contributed by atoms with Crippen molar-refractivity contribution in [3.8, 4) is 0 Å². The molecule has 0 bridgehead atoms. The number of nitrogens with zero attached hydrogens (tertiary/aromatic N) is 2. The van der Waals surface area contributed by atoms with Crippen molar-refractivity contribution in [1.82, 2.24) is 10.4 Å². The first-order valence-electron chi connectivity index (χ1n) is 7.39. The zero-order valence-corrected chi connectivity index (χ0v) is 13.6. The quantitative estimate of drug-likeness (QED) is 0.439. The number of thiazole rings is 1. The van der Waals surface area contributed by atoms with Gasteiger partial charge in [0.05, 0.1) is 5.71 Å². The van der Waals surface area contributed by atoms with Gasteiger partial charge in [-0.05, 0) is 6.08 Å². The van der Waals surface area contributed by atoms with Gasteiger partial charge in [-0.3, -0.25) is 4.79 Å². The fourth-order valence-corrected chi connectivity index (χ4v) is 2.63. The molecule has 0 radical (unpaired) electrons. The number of carbonyl (C=O) groups excluding carboxylic acids is 1. The number of benzene rings is 2. The maximum Gasteiger partial charge on any atom is 0.264 e. The van der Waals surface area contributed by atoms with E-state index < -0.39 is 0 Å². The van der Waals surface area contributed by atoms with Crippen LogP contribution in [0.15, 0.2) is 83.4 Å². The molecule has 0 saturated heterocycles. The van der Waals surface area contributed by atoms with Crippen molar-refractivity contribution in [3.05, 3.63) is 94.5 Å². The van der Waals surface area contributed by atoms with E-state index in [0.717, 1.165) is 16.1 Å². The van der Waals surface area contributed by atoms with Gasteiger partial charge >= 0.3 is 0 Å². The zero-order chi connectivity index (χ0) is 16.6. The first-order chi connectivity index (χ1) is 11.8. The summed E-state index contributed by atoms with van der Waals surface area (Å²) in [7, 11) is 0. The summed E-state index contributed by atoms with van der Waals surface area (Å²) in [5.74, 6) is -0.297. The zero-order valence-electron chi connectivity index (χ0n) is 12.8. The van der Waals surface area contributed by atoms with Crippen LogP contribution in [-0.4, -0.2) is 16.6 Å². The van der Waals surface area contributed by atoms with Gasteiger partial charge in [0.15, 0.2) is 0 Å². The van der Waals surface area contributed by atoms with Gasteiger partial charge in [0.1, 0.15) is 5.01 Å². The molecule has 1 heterocycles. The van der Waals surface area contributed by atoms with Crippen LogP contribution >= 0.6 is 11.3 Å². The lowest BCUT2D eigenvalue weighted by atomic mass is 10.0. The second-order valence-corrected chi connectivity index (χ2v) is 5.80. The number of hydrogen-bond acceptors (Lipinski definition) is 4. The molecule has 0 fully saturated rings. The summed E-state index contributed by atoms with van der Waals surface area (Å²) in [4.78, 5) is 16.1. The summed E-state index contributed by atoms with van der Waals surface area (Å²) in [6.45, 7) is 0. The van der Waals surface area contributed by atoms with Gasteiger partial charge < -0.3 is 0 Å². The van der Waals surface area contributed by atoms with Crippen molar-refractivity contribution < 1.29 is 4.79 Å². The molecule has 1 N–H and O–H groups in total. The van der Waals surface area contributed by atoms with E-state index in [1.807, 2.05) is 66.0 Å². The number of hydrazone groups is 1. The largest absolute Gasteiger partial charge is 0.268 e. The fourth-order valence-electron chi connectivity index (χ4n) is 2.10. The highest BCUT2D eigenvalue weighted by molar-refractivity contribution is 7.10. The molecule has 24 heavy (non-hydrogen) atoms. The van der Waals surface area contributed by atoms with E-state index in [1.165, 1.54) is 17.4 Å². The second kappa shape index (κ2) is 7.99. The van der Waals surface area contributed by atoms with Crippen molar-refractivity contribution in [1.29, 1.82) is 0 Å². The van der Waals surface area contributed by atoms with Gasteiger partial charge in [0.2, 0.25) is 0 Å². The Morgan fingerprint density at radius 1 is 1.00 bits per heavy atom. The SMILES string of the molecule is O=C(/C=C/c1nccs1)NN=C(c1ccccc1)c1ccccc1. The minimum atomic E-state index is -0.297. The number of carbonyl (C=O) groups is 1. The Morgan fingerprint density at radius 2 is 1.62 bits per heavy atom. The van der Waals surface area contributed by atoms with Crippen LogP contribution in [-0.2, 0) is 4.79 Å². The standard InChI is InChI=1S/C19H15N3OS/c23-17(11-12-18-20-13-14-24-18)21-22-19(15-7-3-1-4-8-15)16-9-5-2-6-10-16/h1-14H,(H,21,23)/b12-11+. The van der Waals surface area contributed by atoms with Gasteiger partial charge in [-0.15, -0.1) is 11.3 Å². The molecule has 0 saturated carbocycles. The van der Waals surface area contributed by atoms with Crippen molar-refractivity contribution >= 4 is 29.0 Å². The number of aromatic nitrogens is 1. The topological polar surface area (TPSA) is 54.4 Å². The van der Waals surface area contributed by atoms with E-state index in [9.17, 15) is 4.79 Å². The summed E-state index contributed by atoms with van der Waals surface area (Å²) in [5, 5.41) is 6.95. The van der Waals surface area contributed by atoms with Gasteiger partial charge in [-0.25, -0.2) is 10.4 Å². The van der Waals surface area contributed by atoms with E-state index in [0.29, 0.717) is 5.71 Å². The molecule has 3 rings (SSSR count). The van der Waals surface area contributed by atoms with Crippen molar-refractivity contribution in [2.24, 2.45) is 5.10 Å². The lowest BCUT2D eigenvalue weighted by molar-refractivity contribution is -0.116. The van der Waals surface area contributed by atoms with Gasteiger partial charge in [-0.1, -0.05) is 60.7 Å². The summed E-state index contributed by atoms with van der Waals surface area (Å²) < 4.78 is 0. The minimum Gasteiger partial charge on any atom is -0.268 e. The molecule has 0 unspecified atom stereocenters. The monoisotopic (exact) mass is 333 g/mol. The van der Waals surface area contributed by atoms with Crippen LogP contribution in [0.3, 0.4) is 0 Å². The number of nitrogens with one attached hydrogen (secondary N) is 1. The van der Waals surface area contributed by atoms with Crippen LogP contribution in [0.1, 0.15) is 16.1 Å². The first-order valence-corrected chi connectivity index (χ1v) is 8.27. The van der Waals surface area contributed by atoms with E-state index >= 15 is 0 Å². The molecule has 5 heteroatoms. The Labute approximate surface area is 144 Å². The third-order valence-electron chi connectivity index (χ3n) is 3.20. The summed E-state index contributed by atoms with van der Waals surface area (Å²) >= 11 is 1.47. The van der Waals surface area contributed by atoms with Gasteiger partial charge in [0, 0.05) is 28.8 Å². The van der Waals surface area contributed by atoms with E-state index in [-0.39, 0.29) is 5.91 Å². The van der Waals surface area contributed by atoms with Crippen molar-refractivity contribution in [2.75, 3.05) is 0 Å². The first kappa shape index (κ1) is 15.8. The molecule has 2 aromatic carbocycles. The predicted molar refractivity (Wildman–Crippen MR) is 97.8 cm³/mol. The molecule has 1 amide bonds. The highest BCUT2D eigenvalue weighted by Crippen LogP contribution is 2.10.